The minimum absolute atomic E-state index is 0.0395. The lowest BCUT2D eigenvalue weighted by molar-refractivity contribution is 0.394. The Balaban J connectivity index is 1.70. The zero-order chi connectivity index (χ0) is 16.2. The summed E-state index contributed by atoms with van der Waals surface area (Å²) in [5.74, 6) is 0.792. The van der Waals surface area contributed by atoms with Crippen molar-refractivity contribution in [1.29, 1.82) is 0 Å². The molecule has 5 heteroatoms. The summed E-state index contributed by atoms with van der Waals surface area (Å²) < 4.78 is 18.7. The number of hydrogen-bond donors (Lipinski definition) is 1. The normalized spacial score (nSPS) is 13.7. The number of hydrogen-bond acceptors (Lipinski definition) is 4. The van der Waals surface area contributed by atoms with Gasteiger partial charge in [-0.05, 0) is 43.7 Å². The number of halogens is 1. The molecule has 0 fully saturated rings. The van der Waals surface area contributed by atoms with E-state index in [-0.39, 0.29) is 17.9 Å². The Morgan fingerprint density at radius 1 is 0.913 bits per heavy atom. The van der Waals surface area contributed by atoms with Gasteiger partial charge in [-0.3, -0.25) is 5.32 Å². The Morgan fingerprint density at radius 2 is 1.61 bits per heavy atom. The largest absolute Gasteiger partial charge is 0.419 e. The maximum atomic E-state index is 13.0. The summed E-state index contributed by atoms with van der Waals surface area (Å²) in [7, 11) is 0. The summed E-state index contributed by atoms with van der Waals surface area (Å²) >= 11 is 0. The van der Waals surface area contributed by atoms with Crippen LogP contribution in [0.2, 0.25) is 0 Å². The molecule has 0 aliphatic carbocycles. The SMILES string of the molecule is C[C@H](N[C@@H](C)c1nnc(-c2ccccc2)o1)c1ccc(F)cc1. The Kier molecular flexibility index (Phi) is 4.48. The van der Waals surface area contributed by atoms with Crippen LogP contribution in [0.4, 0.5) is 4.39 Å². The molecule has 0 aliphatic rings. The first-order valence-corrected chi connectivity index (χ1v) is 7.54. The molecule has 0 saturated carbocycles. The zero-order valence-corrected chi connectivity index (χ0v) is 13.0. The van der Waals surface area contributed by atoms with Crippen LogP contribution < -0.4 is 5.32 Å². The molecule has 1 N–H and O–H groups in total. The lowest BCUT2D eigenvalue weighted by Gasteiger charge is -2.17. The zero-order valence-electron chi connectivity index (χ0n) is 13.0. The maximum Gasteiger partial charge on any atom is 0.247 e. The van der Waals surface area contributed by atoms with Crippen LogP contribution in [0.1, 0.15) is 37.4 Å². The predicted octanol–water partition coefficient (Wildman–Crippen LogP) is 4.29. The summed E-state index contributed by atoms with van der Waals surface area (Å²) in [5.41, 5.74) is 1.89. The second kappa shape index (κ2) is 6.71. The van der Waals surface area contributed by atoms with Gasteiger partial charge in [0.05, 0.1) is 6.04 Å². The molecule has 3 aromatic rings. The van der Waals surface area contributed by atoms with Gasteiger partial charge in [0.1, 0.15) is 5.82 Å². The number of nitrogens with one attached hydrogen (secondary N) is 1. The highest BCUT2D eigenvalue weighted by molar-refractivity contribution is 5.51. The minimum atomic E-state index is -0.238. The number of rotatable bonds is 5. The minimum Gasteiger partial charge on any atom is -0.419 e. The van der Waals surface area contributed by atoms with Crippen molar-refractivity contribution in [3.05, 3.63) is 71.9 Å². The molecule has 0 amide bonds. The lowest BCUT2D eigenvalue weighted by Crippen LogP contribution is -2.22. The van der Waals surface area contributed by atoms with E-state index in [1.165, 1.54) is 12.1 Å². The molecule has 118 valence electrons. The van der Waals surface area contributed by atoms with E-state index in [1.54, 1.807) is 12.1 Å². The molecule has 1 aromatic heterocycles. The quantitative estimate of drug-likeness (QED) is 0.764. The molecule has 0 saturated heterocycles. The Labute approximate surface area is 134 Å². The van der Waals surface area contributed by atoms with Gasteiger partial charge in [-0.2, -0.15) is 0 Å². The van der Waals surface area contributed by atoms with E-state index < -0.39 is 0 Å². The predicted molar refractivity (Wildman–Crippen MR) is 86.1 cm³/mol. The third-order valence-electron chi connectivity index (χ3n) is 3.70. The Morgan fingerprint density at radius 3 is 2.30 bits per heavy atom. The van der Waals surface area contributed by atoms with E-state index in [2.05, 4.69) is 15.5 Å². The summed E-state index contributed by atoms with van der Waals surface area (Å²) in [5, 5.41) is 11.6. The molecule has 2 aromatic carbocycles. The highest BCUT2D eigenvalue weighted by Gasteiger charge is 2.17. The molecule has 0 aliphatic heterocycles. The average molecular weight is 311 g/mol. The van der Waals surface area contributed by atoms with Crippen LogP contribution in [0.25, 0.3) is 11.5 Å². The fourth-order valence-electron chi connectivity index (χ4n) is 2.40. The van der Waals surface area contributed by atoms with Gasteiger partial charge < -0.3 is 4.42 Å². The van der Waals surface area contributed by atoms with Crippen LogP contribution in [0.5, 0.6) is 0 Å². The summed E-state index contributed by atoms with van der Waals surface area (Å²) in [6.45, 7) is 3.97. The fourth-order valence-corrected chi connectivity index (χ4v) is 2.40. The van der Waals surface area contributed by atoms with Crippen LogP contribution in [0.15, 0.2) is 59.0 Å². The topological polar surface area (TPSA) is 51.0 Å². The third kappa shape index (κ3) is 3.63. The van der Waals surface area contributed by atoms with Gasteiger partial charge in [0.15, 0.2) is 0 Å². The first-order chi connectivity index (χ1) is 11.1. The fraction of sp³-hybridized carbons (Fsp3) is 0.222. The van der Waals surface area contributed by atoms with Crippen molar-refractivity contribution in [1.82, 2.24) is 15.5 Å². The third-order valence-corrected chi connectivity index (χ3v) is 3.70. The van der Waals surface area contributed by atoms with Crippen molar-refractivity contribution >= 4 is 0 Å². The van der Waals surface area contributed by atoms with Crippen LogP contribution in [0, 0.1) is 5.82 Å². The van der Waals surface area contributed by atoms with E-state index in [1.807, 2.05) is 44.2 Å². The molecular formula is C18H18FN3O. The van der Waals surface area contributed by atoms with Gasteiger partial charge in [-0.25, -0.2) is 4.39 Å². The Bertz CT molecular complexity index is 755. The number of benzene rings is 2. The first-order valence-electron chi connectivity index (χ1n) is 7.54. The molecule has 23 heavy (non-hydrogen) atoms. The van der Waals surface area contributed by atoms with E-state index in [9.17, 15) is 4.39 Å². The van der Waals surface area contributed by atoms with Gasteiger partial charge in [0.25, 0.3) is 0 Å². The molecule has 4 nitrogen and oxygen atoms in total. The molecule has 0 bridgehead atoms. The molecule has 0 unspecified atom stereocenters. The van der Waals surface area contributed by atoms with Crippen molar-refractivity contribution in [2.24, 2.45) is 0 Å². The summed E-state index contributed by atoms with van der Waals surface area (Å²) in [4.78, 5) is 0. The van der Waals surface area contributed by atoms with Gasteiger partial charge in [0.2, 0.25) is 11.8 Å². The Hall–Kier alpha value is -2.53. The second-order valence-electron chi connectivity index (χ2n) is 5.47. The van der Waals surface area contributed by atoms with Crippen molar-refractivity contribution in [2.45, 2.75) is 25.9 Å². The van der Waals surface area contributed by atoms with Crippen LogP contribution in [-0.2, 0) is 0 Å². The lowest BCUT2D eigenvalue weighted by atomic mass is 10.1. The number of nitrogens with zero attached hydrogens (tertiary/aromatic N) is 2. The second-order valence-corrected chi connectivity index (χ2v) is 5.47. The molecule has 2 atom stereocenters. The standard InChI is InChI=1S/C18H18FN3O/c1-12(14-8-10-16(19)11-9-14)20-13(2)17-21-22-18(23-17)15-6-4-3-5-7-15/h3-13,20H,1-2H3/t12-,13-/m0/s1. The maximum absolute atomic E-state index is 13.0. The summed E-state index contributed by atoms with van der Waals surface area (Å²) in [6, 6.07) is 16.0. The molecule has 0 spiro atoms. The van der Waals surface area contributed by atoms with Gasteiger partial charge in [-0.1, -0.05) is 30.3 Å². The van der Waals surface area contributed by atoms with Crippen molar-refractivity contribution < 1.29 is 8.81 Å². The smallest absolute Gasteiger partial charge is 0.247 e. The highest BCUT2D eigenvalue weighted by Crippen LogP contribution is 2.22. The molecular weight excluding hydrogens is 293 g/mol. The van der Waals surface area contributed by atoms with Crippen molar-refractivity contribution in [3.8, 4) is 11.5 Å². The van der Waals surface area contributed by atoms with Crippen molar-refractivity contribution in [2.75, 3.05) is 0 Å². The van der Waals surface area contributed by atoms with E-state index in [0.717, 1.165) is 11.1 Å². The monoisotopic (exact) mass is 311 g/mol. The molecule has 0 radical (unpaired) electrons. The number of aromatic nitrogens is 2. The van der Waals surface area contributed by atoms with Crippen LogP contribution in [-0.4, -0.2) is 10.2 Å². The van der Waals surface area contributed by atoms with Gasteiger partial charge in [-0.15, -0.1) is 10.2 Å². The first kappa shape index (κ1) is 15.4. The highest BCUT2D eigenvalue weighted by atomic mass is 19.1. The molecule has 3 rings (SSSR count). The van der Waals surface area contributed by atoms with Gasteiger partial charge in [0, 0.05) is 11.6 Å². The van der Waals surface area contributed by atoms with E-state index in [4.69, 9.17) is 4.42 Å². The van der Waals surface area contributed by atoms with E-state index in [0.29, 0.717) is 11.8 Å². The van der Waals surface area contributed by atoms with Crippen molar-refractivity contribution in [3.63, 3.8) is 0 Å². The van der Waals surface area contributed by atoms with Crippen LogP contribution >= 0.6 is 0 Å². The van der Waals surface area contributed by atoms with Crippen LogP contribution in [0.3, 0.4) is 0 Å². The average Bonchev–Trinajstić information content (AvgIpc) is 3.06. The van der Waals surface area contributed by atoms with E-state index >= 15 is 0 Å². The molecule has 1 heterocycles. The summed E-state index contributed by atoms with van der Waals surface area (Å²) in [6.07, 6.45) is 0. The van der Waals surface area contributed by atoms with Gasteiger partial charge >= 0.3 is 0 Å².